The fraction of sp³-hybridized carbons (Fsp3) is 0.667. The molecule has 1 aromatic carbocycles. The first-order valence-electron chi connectivity index (χ1n) is 7.91. The molecule has 0 saturated carbocycles. The second-order valence-electron chi connectivity index (χ2n) is 6.82. The maximum atomic E-state index is 6.28. The molecule has 3 rings (SSSR count). The summed E-state index contributed by atoms with van der Waals surface area (Å²) in [5.74, 6) is 1.21. The van der Waals surface area contributed by atoms with Gasteiger partial charge in [0.05, 0.1) is 24.9 Å². The van der Waals surface area contributed by atoms with Crippen LogP contribution in [0.5, 0.6) is 0 Å². The zero-order valence-electron chi connectivity index (χ0n) is 12.9. The van der Waals surface area contributed by atoms with Crippen LogP contribution in [0.4, 0.5) is 0 Å². The van der Waals surface area contributed by atoms with Crippen molar-refractivity contribution in [3.05, 3.63) is 35.4 Å². The molecule has 2 aliphatic heterocycles. The van der Waals surface area contributed by atoms with Gasteiger partial charge in [-0.1, -0.05) is 38.1 Å². The monoisotopic (exact) mass is 274 g/mol. The fourth-order valence-corrected chi connectivity index (χ4v) is 3.78. The van der Waals surface area contributed by atoms with Crippen LogP contribution in [0.15, 0.2) is 24.3 Å². The van der Waals surface area contributed by atoms with Crippen LogP contribution in [0.1, 0.15) is 44.2 Å². The average molecular weight is 274 g/mol. The lowest BCUT2D eigenvalue weighted by molar-refractivity contribution is -0.0251. The number of hydrogen-bond donors (Lipinski definition) is 0. The van der Waals surface area contributed by atoms with E-state index in [2.05, 4.69) is 45.0 Å². The average Bonchev–Trinajstić information content (AvgIpc) is 3.00. The molecule has 2 nitrogen and oxygen atoms in total. The molecule has 0 N–H and O–H groups in total. The van der Waals surface area contributed by atoms with Gasteiger partial charge in [-0.25, -0.2) is 0 Å². The van der Waals surface area contributed by atoms with Crippen molar-refractivity contribution in [2.24, 2.45) is 11.8 Å². The number of aryl methyl sites for hydroxylation is 1. The summed E-state index contributed by atoms with van der Waals surface area (Å²) in [6.07, 6.45) is 4.08. The highest BCUT2D eigenvalue weighted by molar-refractivity contribution is 5.24. The number of rotatable bonds is 5. The minimum atomic E-state index is 0.154. The van der Waals surface area contributed by atoms with Crippen molar-refractivity contribution < 1.29 is 9.47 Å². The van der Waals surface area contributed by atoms with Gasteiger partial charge in [0, 0.05) is 5.92 Å². The zero-order chi connectivity index (χ0) is 14.2. The molecule has 0 spiro atoms. The Morgan fingerprint density at radius 1 is 1.35 bits per heavy atom. The first-order chi connectivity index (χ1) is 9.61. The molecule has 3 atom stereocenters. The maximum absolute atomic E-state index is 6.28. The van der Waals surface area contributed by atoms with E-state index in [9.17, 15) is 0 Å². The number of fused-ring (bicyclic) bond motifs is 2. The molecule has 2 saturated heterocycles. The van der Waals surface area contributed by atoms with Crippen molar-refractivity contribution in [2.45, 2.75) is 58.3 Å². The smallest absolute Gasteiger partial charge is 0.0719 e. The summed E-state index contributed by atoms with van der Waals surface area (Å²) in [6.45, 7) is 8.29. The SMILES string of the molecule is Cc1ccccc1COC[C@H]1C[C@]2(C(C)C)CC[C@H]1O2. The third-order valence-corrected chi connectivity index (χ3v) is 5.27. The van der Waals surface area contributed by atoms with Crippen LogP contribution in [-0.2, 0) is 16.1 Å². The Labute approximate surface area is 122 Å². The summed E-state index contributed by atoms with van der Waals surface area (Å²) in [5.41, 5.74) is 2.77. The lowest BCUT2D eigenvalue weighted by atomic mass is 9.76. The van der Waals surface area contributed by atoms with Gasteiger partial charge in [0.15, 0.2) is 0 Å². The minimum Gasteiger partial charge on any atom is -0.376 e. The second kappa shape index (κ2) is 5.50. The molecule has 2 bridgehead atoms. The summed E-state index contributed by atoms with van der Waals surface area (Å²) < 4.78 is 12.3. The summed E-state index contributed by atoms with van der Waals surface area (Å²) in [7, 11) is 0. The normalized spacial score (nSPS) is 32.2. The number of benzene rings is 1. The van der Waals surface area contributed by atoms with Crippen molar-refractivity contribution in [3.8, 4) is 0 Å². The van der Waals surface area contributed by atoms with Gasteiger partial charge < -0.3 is 9.47 Å². The lowest BCUT2D eigenvalue weighted by Gasteiger charge is -2.30. The highest BCUT2D eigenvalue weighted by atomic mass is 16.5. The Kier molecular flexibility index (Phi) is 3.87. The van der Waals surface area contributed by atoms with Gasteiger partial charge in [0.25, 0.3) is 0 Å². The van der Waals surface area contributed by atoms with Gasteiger partial charge in [-0.2, -0.15) is 0 Å². The van der Waals surface area contributed by atoms with E-state index >= 15 is 0 Å². The van der Waals surface area contributed by atoms with E-state index in [0.29, 0.717) is 17.9 Å². The first kappa shape index (κ1) is 14.1. The van der Waals surface area contributed by atoms with E-state index in [4.69, 9.17) is 9.47 Å². The van der Waals surface area contributed by atoms with Crippen LogP contribution in [0.2, 0.25) is 0 Å². The molecule has 1 aromatic rings. The van der Waals surface area contributed by atoms with Crippen molar-refractivity contribution in [1.29, 1.82) is 0 Å². The Balaban J connectivity index is 1.52. The predicted molar refractivity (Wildman–Crippen MR) is 80.6 cm³/mol. The Morgan fingerprint density at radius 2 is 2.15 bits per heavy atom. The topological polar surface area (TPSA) is 18.5 Å². The minimum absolute atomic E-state index is 0.154. The summed E-state index contributed by atoms with van der Waals surface area (Å²) in [4.78, 5) is 0. The quantitative estimate of drug-likeness (QED) is 0.804. The van der Waals surface area contributed by atoms with Gasteiger partial charge in [-0.15, -0.1) is 0 Å². The Morgan fingerprint density at radius 3 is 2.85 bits per heavy atom. The third kappa shape index (κ3) is 2.51. The van der Waals surface area contributed by atoms with Crippen LogP contribution in [0, 0.1) is 18.8 Å². The maximum Gasteiger partial charge on any atom is 0.0719 e. The molecule has 2 aliphatic rings. The van der Waals surface area contributed by atoms with E-state index in [0.717, 1.165) is 13.2 Å². The van der Waals surface area contributed by atoms with Crippen LogP contribution in [-0.4, -0.2) is 18.3 Å². The largest absolute Gasteiger partial charge is 0.376 e. The molecule has 0 amide bonds. The lowest BCUT2D eigenvalue weighted by Crippen LogP contribution is -2.33. The molecule has 2 heteroatoms. The Bertz CT molecular complexity index is 468. The Hall–Kier alpha value is -0.860. The highest BCUT2D eigenvalue weighted by Crippen LogP contribution is 2.50. The van der Waals surface area contributed by atoms with Crippen LogP contribution in [0.25, 0.3) is 0 Å². The molecule has 2 heterocycles. The van der Waals surface area contributed by atoms with Gasteiger partial charge >= 0.3 is 0 Å². The third-order valence-electron chi connectivity index (χ3n) is 5.27. The van der Waals surface area contributed by atoms with E-state index in [1.807, 2.05) is 0 Å². The van der Waals surface area contributed by atoms with Crippen LogP contribution >= 0.6 is 0 Å². The van der Waals surface area contributed by atoms with E-state index in [-0.39, 0.29) is 5.60 Å². The molecule has 20 heavy (non-hydrogen) atoms. The van der Waals surface area contributed by atoms with Crippen molar-refractivity contribution >= 4 is 0 Å². The first-order valence-corrected chi connectivity index (χ1v) is 7.91. The fourth-order valence-electron chi connectivity index (χ4n) is 3.78. The van der Waals surface area contributed by atoms with E-state index in [1.54, 1.807) is 0 Å². The number of ether oxygens (including phenoxy) is 2. The highest BCUT2D eigenvalue weighted by Gasteiger charge is 2.53. The van der Waals surface area contributed by atoms with Crippen LogP contribution in [0.3, 0.4) is 0 Å². The standard InChI is InChI=1S/C18H26O2/c1-13(2)18-9-8-17(20-18)16(10-18)12-19-11-15-7-5-4-6-14(15)3/h4-7,13,16-17H,8-12H2,1-3H3/t16-,17-,18+/m1/s1. The molecule has 0 unspecified atom stereocenters. The summed E-state index contributed by atoms with van der Waals surface area (Å²) in [6, 6.07) is 8.46. The van der Waals surface area contributed by atoms with Gasteiger partial charge in [-0.05, 0) is 43.2 Å². The van der Waals surface area contributed by atoms with Crippen molar-refractivity contribution in [3.63, 3.8) is 0 Å². The van der Waals surface area contributed by atoms with Gasteiger partial charge in [0.2, 0.25) is 0 Å². The second-order valence-corrected chi connectivity index (χ2v) is 6.82. The van der Waals surface area contributed by atoms with E-state index in [1.165, 1.54) is 30.4 Å². The number of hydrogen-bond acceptors (Lipinski definition) is 2. The summed E-state index contributed by atoms with van der Waals surface area (Å²) >= 11 is 0. The van der Waals surface area contributed by atoms with Gasteiger partial charge in [0.1, 0.15) is 0 Å². The predicted octanol–water partition coefficient (Wildman–Crippen LogP) is 4.11. The van der Waals surface area contributed by atoms with Crippen molar-refractivity contribution in [2.75, 3.05) is 6.61 Å². The molecular weight excluding hydrogens is 248 g/mol. The van der Waals surface area contributed by atoms with E-state index < -0.39 is 0 Å². The molecule has 110 valence electrons. The molecule has 2 fully saturated rings. The van der Waals surface area contributed by atoms with Gasteiger partial charge in [-0.3, -0.25) is 0 Å². The van der Waals surface area contributed by atoms with Crippen LogP contribution < -0.4 is 0 Å². The zero-order valence-corrected chi connectivity index (χ0v) is 12.9. The molecule has 0 radical (unpaired) electrons. The molecular formula is C18H26O2. The molecule has 0 aliphatic carbocycles. The molecule has 0 aromatic heterocycles. The summed E-state index contributed by atoms with van der Waals surface area (Å²) in [5, 5.41) is 0. The van der Waals surface area contributed by atoms with Crippen molar-refractivity contribution in [1.82, 2.24) is 0 Å².